The van der Waals surface area contributed by atoms with E-state index < -0.39 is 0 Å². The first kappa shape index (κ1) is 14.5. The minimum atomic E-state index is 0.690. The van der Waals surface area contributed by atoms with Gasteiger partial charge in [0.2, 0.25) is 0 Å². The fraction of sp³-hybridized carbons (Fsp3) is 0.211. The van der Waals surface area contributed by atoms with Gasteiger partial charge in [0.05, 0.1) is 12.2 Å². The van der Waals surface area contributed by atoms with Crippen LogP contribution in [-0.4, -0.2) is 11.6 Å². The normalized spacial score (nSPS) is 10.8. The van der Waals surface area contributed by atoms with Gasteiger partial charge >= 0.3 is 0 Å². The van der Waals surface area contributed by atoms with E-state index in [4.69, 9.17) is 4.74 Å². The lowest BCUT2D eigenvalue weighted by Gasteiger charge is -2.12. The second kappa shape index (κ2) is 7.05. The van der Waals surface area contributed by atoms with Gasteiger partial charge in [-0.2, -0.15) is 0 Å². The SMILES string of the molecule is CCOc1ccc2ccccc2c1C[NH2+]Cc1ccncc1. The minimum absolute atomic E-state index is 0.690. The first-order valence-electron chi connectivity index (χ1n) is 7.72. The van der Waals surface area contributed by atoms with Gasteiger partial charge in [-0.1, -0.05) is 30.3 Å². The maximum atomic E-state index is 5.82. The summed E-state index contributed by atoms with van der Waals surface area (Å²) in [5, 5.41) is 4.84. The molecule has 3 aromatic rings. The molecule has 0 atom stereocenters. The Morgan fingerprint density at radius 2 is 1.77 bits per heavy atom. The lowest BCUT2D eigenvalue weighted by Crippen LogP contribution is -2.80. The molecule has 0 aliphatic rings. The number of hydrogen-bond acceptors (Lipinski definition) is 2. The predicted molar refractivity (Wildman–Crippen MR) is 88.7 cm³/mol. The van der Waals surface area contributed by atoms with Crippen molar-refractivity contribution in [3.05, 3.63) is 72.1 Å². The number of rotatable bonds is 6. The fourth-order valence-electron chi connectivity index (χ4n) is 2.72. The summed E-state index contributed by atoms with van der Waals surface area (Å²) < 4.78 is 5.82. The molecular weight excluding hydrogens is 272 g/mol. The molecular formula is C19H21N2O+. The molecule has 0 aliphatic carbocycles. The molecule has 0 saturated heterocycles. The molecule has 1 aromatic heterocycles. The Balaban J connectivity index is 1.82. The van der Waals surface area contributed by atoms with Crippen molar-refractivity contribution in [1.29, 1.82) is 0 Å². The Hall–Kier alpha value is -2.39. The van der Waals surface area contributed by atoms with Crippen LogP contribution in [0.1, 0.15) is 18.1 Å². The average molecular weight is 293 g/mol. The monoisotopic (exact) mass is 293 g/mol. The van der Waals surface area contributed by atoms with Gasteiger partial charge in [0.15, 0.2) is 0 Å². The number of pyridine rings is 1. The van der Waals surface area contributed by atoms with Crippen LogP contribution < -0.4 is 10.1 Å². The zero-order valence-electron chi connectivity index (χ0n) is 12.8. The number of hydrogen-bond donors (Lipinski definition) is 1. The third-order valence-corrected chi connectivity index (χ3v) is 3.78. The number of ether oxygens (including phenoxy) is 1. The van der Waals surface area contributed by atoms with Gasteiger partial charge in [-0.3, -0.25) is 4.98 Å². The summed E-state index contributed by atoms with van der Waals surface area (Å²) in [6.07, 6.45) is 3.68. The van der Waals surface area contributed by atoms with Crippen molar-refractivity contribution in [3.63, 3.8) is 0 Å². The number of quaternary nitrogens is 1. The van der Waals surface area contributed by atoms with Gasteiger partial charge in [0, 0.05) is 18.0 Å². The topological polar surface area (TPSA) is 38.7 Å². The molecule has 0 amide bonds. The molecule has 0 saturated carbocycles. The number of fused-ring (bicyclic) bond motifs is 1. The number of nitrogens with two attached hydrogens (primary N) is 1. The molecule has 3 nitrogen and oxygen atoms in total. The van der Waals surface area contributed by atoms with Gasteiger partial charge in [-0.25, -0.2) is 0 Å². The van der Waals surface area contributed by atoms with Gasteiger partial charge in [-0.15, -0.1) is 0 Å². The van der Waals surface area contributed by atoms with Crippen molar-refractivity contribution >= 4 is 10.8 Å². The molecule has 0 unspecified atom stereocenters. The van der Waals surface area contributed by atoms with Gasteiger partial charge < -0.3 is 10.1 Å². The van der Waals surface area contributed by atoms with Crippen LogP contribution in [-0.2, 0) is 13.1 Å². The van der Waals surface area contributed by atoms with Crippen LogP contribution in [0.4, 0.5) is 0 Å². The molecule has 1 heterocycles. The second-order valence-corrected chi connectivity index (χ2v) is 5.25. The number of aromatic nitrogens is 1. The first-order valence-corrected chi connectivity index (χ1v) is 7.72. The summed E-state index contributed by atoms with van der Waals surface area (Å²) in [5.41, 5.74) is 2.56. The van der Waals surface area contributed by atoms with Gasteiger partial charge in [0.25, 0.3) is 0 Å². The summed E-state index contributed by atoms with van der Waals surface area (Å²) in [6.45, 7) is 4.56. The zero-order valence-corrected chi connectivity index (χ0v) is 12.8. The number of nitrogens with zero attached hydrogens (tertiary/aromatic N) is 1. The van der Waals surface area contributed by atoms with E-state index >= 15 is 0 Å². The Kier molecular flexibility index (Phi) is 4.66. The Morgan fingerprint density at radius 3 is 2.59 bits per heavy atom. The molecule has 22 heavy (non-hydrogen) atoms. The third kappa shape index (κ3) is 3.26. The number of benzene rings is 2. The highest BCUT2D eigenvalue weighted by molar-refractivity contribution is 5.87. The molecule has 0 aliphatic heterocycles. The summed E-state index contributed by atoms with van der Waals surface area (Å²) >= 11 is 0. The smallest absolute Gasteiger partial charge is 0.128 e. The van der Waals surface area contributed by atoms with Crippen molar-refractivity contribution in [1.82, 2.24) is 4.98 Å². The van der Waals surface area contributed by atoms with E-state index in [-0.39, 0.29) is 0 Å². The molecule has 3 rings (SSSR count). The van der Waals surface area contributed by atoms with Crippen molar-refractivity contribution in [2.45, 2.75) is 20.0 Å². The standard InChI is InChI=1S/C19H20N2O/c1-2-22-19-8-7-16-5-3-4-6-17(16)18(19)14-21-13-15-9-11-20-12-10-15/h3-12,21H,2,13-14H2,1H3/p+1. The predicted octanol–water partition coefficient (Wildman–Crippen LogP) is 2.90. The van der Waals surface area contributed by atoms with Gasteiger partial charge in [-0.05, 0) is 35.9 Å². The van der Waals surface area contributed by atoms with E-state index in [2.05, 4.69) is 58.8 Å². The minimum Gasteiger partial charge on any atom is -0.493 e. The highest BCUT2D eigenvalue weighted by atomic mass is 16.5. The van der Waals surface area contributed by atoms with Crippen LogP contribution in [0, 0.1) is 0 Å². The van der Waals surface area contributed by atoms with Crippen molar-refractivity contribution in [2.24, 2.45) is 0 Å². The molecule has 0 radical (unpaired) electrons. The highest BCUT2D eigenvalue weighted by Gasteiger charge is 2.10. The first-order chi connectivity index (χ1) is 10.9. The zero-order chi connectivity index (χ0) is 15.2. The molecule has 0 spiro atoms. The maximum Gasteiger partial charge on any atom is 0.128 e. The summed E-state index contributed by atoms with van der Waals surface area (Å²) in [7, 11) is 0. The maximum absolute atomic E-state index is 5.82. The summed E-state index contributed by atoms with van der Waals surface area (Å²) in [4.78, 5) is 4.06. The van der Waals surface area contributed by atoms with Crippen LogP contribution in [0.15, 0.2) is 60.9 Å². The average Bonchev–Trinajstić information content (AvgIpc) is 2.57. The Morgan fingerprint density at radius 1 is 0.955 bits per heavy atom. The van der Waals surface area contributed by atoms with E-state index in [0.29, 0.717) is 6.61 Å². The lowest BCUT2D eigenvalue weighted by molar-refractivity contribution is -0.686. The highest BCUT2D eigenvalue weighted by Crippen LogP contribution is 2.27. The van der Waals surface area contributed by atoms with Crippen molar-refractivity contribution in [3.8, 4) is 5.75 Å². The van der Waals surface area contributed by atoms with E-state index in [0.717, 1.165) is 18.8 Å². The molecule has 2 N–H and O–H groups in total. The summed E-state index contributed by atoms with van der Waals surface area (Å²) in [5.74, 6) is 0.993. The Bertz CT molecular complexity index is 741. The second-order valence-electron chi connectivity index (χ2n) is 5.25. The van der Waals surface area contributed by atoms with Crippen LogP contribution in [0.3, 0.4) is 0 Å². The van der Waals surface area contributed by atoms with Crippen molar-refractivity contribution < 1.29 is 10.1 Å². The largest absolute Gasteiger partial charge is 0.493 e. The van der Waals surface area contributed by atoms with Crippen LogP contribution in [0.5, 0.6) is 5.75 Å². The quantitative estimate of drug-likeness (QED) is 0.759. The molecule has 0 bridgehead atoms. The van der Waals surface area contributed by atoms with E-state index in [1.807, 2.05) is 19.3 Å². The van der Waals surface area contributed by atoms with Crippen LogP contribution >= 0.6 is 0 Å². The molecule has 2 aromatic carbocycles. The van der Waals surface area contributed by atoms with Gasteiger partial charge in [0.1, 0.15) is 18.8 Å². The molecule has 3 heteroatoms. The fourth-order valence-corrected chi connectivity index (χ4v) is 2.72. The van der Waals surface area contributed by atoms with Crippen LogP contribution in [0.2, 0.25) is 0 Å². The van der Waals surface area contributed by atoms with E-state index in [1.165, 1.54) is 21.9 Å². The van der Waals surface area contributed by atoms with E-state index in [9.17, 15) is 0 Å². The third-order valence-electron chi connectivity index (χ3n) is 3.78. The Labute approximate surface area is 131 Å². The summed E-state index contributed by atoms with van der Waals surface area (Å²) in [6, 6.07) is 16.8. The van der Waals surface area contributed by atoms with Crippen molar-refractivity contribution in [2.75, 3.05) is 6.61 Å². The molecule has 112 valence electrons. The van der Waals surface area contributed by atoms with E-state index in [1.54, 1.807) is 0 Å². The molecule has 0 fully saturated rings. The van der Waals surface area contributed by atoms with Crippen LogP contribution in [0.25, 0.3) is 10.8 Å². The lowest BCUT2D eigenvalue weighted by atomic mass is 10.0.